The fourth-order valence-electron chi connectivity index (χ4n) is 3.47. The van der Waals surface area contributed by atoms with Crippen LogP contribution in [0.5, 0.6) is 0 Å². The first-order chi connectivity index (χ1) is 13.2. The van der Waals surface area contributed by atoms with Crippen molar-refractivity contribution in [3.8, 4) is 16.8 Å². The summed E-state index contributed by atoms with van der Waals surface area (Å²) >= 11 is 6.24. The maximum absolute atomic E-state index is 6.24. The Balaban J connectivity index is 2.06. The average Bonchev–Trinajstić information content (AvgIpc) is 3.10. The van der Waals surface area contributed by atoms with E-state index < -0.39 is 0 Å². The second-order valence-electron chi connectivity index (χ2n) is 6.33. The first-order valence-corrected chi connectivity index (χ1v) is 9.53. The first kappa shape index (κ1) is 17.6. The first-order valence-electron chi connectivity index (χ1n) is 9.15. The molecule has 0 bridgehead atoms. The van der Waals surface area contributed by atoms with Gasteiger partial charge in [0.25, 0.3) is 0 Å². The van der Waals surface area contributed by atoms with E-state index in [0.717, 1.165) is 46.8 Å². The number of halogens is 1. The van der Waals surface area contributed by atoms with Gasteiger partial charge in [-0.1, -0.05) is 48.0 Å². The normalized spacial score (nSPS) is 11.1. The minimum atomic E-state index is 0.702. The number of rotatable bonds is 5. The SMILES string of the molecule is CCN(CC)c1ncnc2c1c(-c1ccccc1)cn2-c1cccc(Cl)c1. The highest BCUT2D eigenvalue weighted by Gasteiger charge is 2.19. The Morgan fingerprint density at radius 2 is 1.74 bits per heavy atom. The van der Waals surface area contributed by atoms with Crippen molar-refractivity contribution in [3.63, 3.8) is 0 Å². The highest BCUT2D eigenvalue weighted by molar-refractivity contribution is 6.30. The summed E-state index contributed by atoms with van der Waals surface area (Å²) in [6.07, 6.45) is 3.78. The summed E-state index contributed by atoms with van der Waals surface area (Å²) in [5.74, 6) is 0.963. The summed E-state index contributed by atoms with van der Waals surface area (Å²) in [6.45, 7) is 6.07. The Labute approximate surface area is 164 Å². The summed E-state index contributed by atoms with van der Waals surface area (Å²) in [5.41, 5.74) is 4.13. The van der Waals surface area contributed by atoms with Gasteiger partial charge in [0.15, 0.2) is 5.65 Å². The van der Waals surface area contributed by atoms with E-state index in [1.807, 2.05) is 30.3 Å². The van der Waals surface area contributed by atoms with Gasteiger partial charge in [0.05, 0.1) is 5.39 Å². The zero-order valence-corrected chi connectivity index (χ0v) is 16.2. The molecule has 2 aromatic carbocycles. The van der Waals surface area contributed by atoms with Crippen molar-refractivity contribution in [1.29, 1.82) is 0 Å². The molecule has 4 nitrogen and oxygen atoms in total. The van der Waals surface area contributed by atoms with E-state index >= 15 is 0 Å². The number of aromatic nitrogens is 3. The van der Waals surface area contributed by atoms with Crippen LogP contribution < -0.4 is 4.90 Å². The molecule has 0 amide bonds. The molecule has 136 valence electrons. The van der Waals surface area contributed by atoms with E-state index in [1.54, 1.807) is 6.33 Å². The zero-order chi connectivity index (χ0) is 18.8. The van der Waals surface area contributed by atoms with Crippen LogP contribution in [0.15, 0.2) is 67.1 Å². The molecule has 0 N–H and O–H groups in total. The lowest BCUT2D eigenvalue weighted by Gasteiger charge is -2.21. The maximum Gasteiger partial charge on any atom is 0.150 e. The van der Waals surface area contributed by atoms with Gasteiger partial charge in [-0.25, -0.2) is 9.97 Å². The predicted molar refractivity (Wildman–Crippen MR) is 113 cm³/mol. The molecule has 0 atom stereocenters. The Kier molecular flexibility index (Phi) is 4.82. The van der Waals surface area contributed by atoms with Crippen molar-refractivity contribution >= 4 is 28.5 Å². The van der Waals surface area contributed by atoms with Crippen LogP contribution in [0.2, 0.25) is 5.02 Å². The molecule has 0 saturated carbocycles. The van der Waals surface area contributed by atoms with Gasteiger partial charge in [0.2, 0.25) is 0 Å². The molecule has 27 heavy (non-hydrogen) atoms. The molecule has 5 heteroatoms. The number of benzene rings is 2. The van der Waals surface area contributed by atoms with E-state index in [2.05, 4.69) is 63.7 Å². The lowest BCUT2D eigenvalue weighted by atomic mass is 10.1. The zero-order valence-electron chi connectivity index (χ0n) is 15.4. The van der Waals surface area contributed by atoms with E-state index in [4.69, 9.17) is 11.6 Å². The molecule has 0 saturated heterocycles. The molecule has 0 fully saturated rings. The minimum Gasteiger partial charge on any atom is -0.356 e. The number of fused-ring (bicyclic) bond motifs is 1. The third-order valence-corrected chi connectivity index (χ3v) is 5.03. The van der Waals surface area contributed by atoms with Crippen LogP contribution in [0.4, 0.5) is 5.82 Å². The van der Waals surface area contributed by atoms with Crippen molar-refractivity contribution in [2.24, 2.45) is 0 Å². The van der Waals surface area contributed by atoms with Crippen LogP contribution in [0.1, 0.15) is 13.8 Å². The maximum atomic E-state index is 6.24. The van der Waals surface area contributed by atoms with Crippen LogP contribution in [0.3, 0.4) is 0 Å². The Morgan fingerprint density at radius 3 is 2.44 bits per heavy atom. The predicted octanol–water partition coefficient (Wildman–Crippen LogP) is 5.59. The molecule has 4 rings (SSSR count). The van der Waals surface area contributed by atoms with E-state index in [1.165, 1.54) is 0 Å². The van der Waals surface area contributed by atoms with Crippen LogP contribution in [-0.2, 0) is 0 Å². The molecule has 0 aliphatic carbocycles. The average molecular weight is 377 g/mol. The quantitative estimate of drug-likeness (QED) is 0.455. The summed E-state index contributed by atoms with van der Waals surface area (Å²) in [4.78, 5) is 11.5. The van der Waals surface area contributed by atoms with Crippen LogP contribution in [0, 0.1) is 0 Å². The van der Waals surface area contributed by atoms with Crippen LogP contribution in [-0.4, -0.2) is 27.6 Å². The second kappa shape index (κ2) is 7.41. The summed E-state index contributed by atoms with van der Waals surface area (Å²) in [6, 6.07) is 18.2. The minimum absolute atomic E-state index is 0.702. The third kappa shape index (κ3) is 3.17. The number of hydrogen-bond donors (Lipinski definition) is 0. The van der Waals surface area contributed by atoms with Gasteiger partial charge < -0.3 is 9.47 Å². The molecule has 0 radical (unpaired) electrons. The third-order valence-electron chi connectivity index (χ3n) is 4.80. The molecule has 0 spiro atoms. The largest absolute Gasteiger partial charge is 0.356 e. The van der Waals surface area contributed by atoms with Gasteiger partial charge in [-0.05, 0) is 37.6 Å². The molecule has 4 aromatic rings. The number of hydrogen-bond acceptors (Lipinski definition) is 3. The summed E-state index contributed by atoms with van der Waals surface area (Å²) < 4.78 is 2.10. The lowest BCUT2D eigenvalue weighted by molar-refractivity contribution is 0.848. The molecule has 2 aromatic heterocycles. The summed E-state index contributed by atoms with van der Waals surface area (Å²) in [5, 5.41) is 1.76. The Morgan fingerprint density at radius 1 is 0.963 bits per heavy atom. The van der Waals surface area contributed by atoms with Crippen LogP contribution in [0.25, 0.3) is 27.8 Å². The monoisotopic (exact) mass is 376 g/mol. The molecular formula is C22H21ClN4. The Hall–Kier alpha value is -2.85. The Bertz CT molecular complexity index is 1070. The van der Waals surface area contributed by atoms with Crippen molar-refractivity contribution in [2.45, 2.75) is 13.8 Å². The van der Waals surface area contributed by atoms with Gasteiger partial charge in [-0.3, -0.25) is 0 Å². The van der Waals surface area contributed by atoms with E-state index in [-0.39, 0.29) is 0 Å². The lowest BCUT2D eigenvalue weighted by Crippen LogP contribution is -2.23. The van der Waals surface area contributed by atoms with Gasteiger partial charge >= 0.3 is 0 Å². The van der Waals surface area contributed by atoms with Gasteiger partial charge in [0, 0.05) is 35.6 Å². The fourth-order valence-corrected chi connectivity index (χ4v) is 3.65. The highest BCUT2D eigenvalue weighted by atomic mass is 35.5. The van der Waals surface area contributed by atoms with Crippen molar-refractivity contribution in [1.82, 2.24) is 14.5 Å². The van der Waals surface area contributed by atoms with Gasteiger partial charge in [-0.15, -0.1) is 0 Å². The fraction of sp³-hybridized carbons (Fsp3) is 0.182. The van der Waals surface area contributed by atoms with Crippen molar-refractivity contribution < 1.29 is 0 Å². The number of anilines is 1. The van der Waals surface area contributed by atoms with Gasteiger partial charge in [-0.2, -0.15) is 0 Å². The van der Waals surface area contributed by atoms with E-state index in [9.17, 15) is 0 Å². The van der Waals surface area contributed by atoms with Crippen molar-refractivity contribution in [3.05, 3.63) is 72.1 Å². The standard InChI is InChI=1S/C22H21ClN4/c1-3-26(4-2)21-20-19(16-9-6-5-7-10-16)14-27(22(20)25-15-24-21)18-12-8-11-17(23)13-18/h5-15H,3-4H2,1-2H3. The highest BCUT2D eigenvalue weighted by Crippen LogP contribution is 2.36. The second-order valence-corrected chi connectivity index (χ2v) is 6.76. The molecule has 0 aliphatic heterocycles. The molecular weight excluding hydrogens is 356 g/mol. The molecule has 2 heterocycles. The van der Waals surface area contributed by atoms with Crippen LogP contribution >= 0.6 is 11.6 Å². The molecule has 0 unspecified atom stereocenters. The topological polar surface area (TPSA) is 34.0 Å². The van der Waals surface area contributed by atoms with Gasteiger partial charge in [0.1, 0.15) is 12.1 Å². The van der Waals surface area contributed by atoms with E-state index in [0.29, 0.717) is 5.02 Å². The number of nitrogens with zero attached hydrogens (tertiary/aromatic N) is 4. The summed E-state index contributed by atoms with van der Waals surface area (Å²) in [7, 11) is 0. The van der Waals surface area contributed by atoms with Crippen molar-refractivity contribution in [2.75, 3.05) is 18.0 Å². The smallest absolute Gasteiger partial charge is 0.150 e. The molecule has 0 aliphatic rings.